The standard InChI is InChI=1S/C21H28N4O.HI/c1-26-19-9-7-17(8-10-19)11-14-24-21(22)23-13-4-15-25-16-12-18-5-2-3-6-20(18)25;/h2-3,5-10H,4,11-16H2,1H3,(H3,22,23,24);1H. The van der Waals surface area contributed by atoms with Gasteiger partial charge in [-0.25, -0.2) is 0 Å². The number of benzene rings is 2. The number of rotatable bonds is 8. The minimum absolute atomic E-state index is 0. The fraction of sp³-hybridized carbons (Fsp3) is 0.381. The number of hydrogen-bond acceptors (Lipinski definition) is 3. The van der Waals surface area contributed by atoms with Gasteiger partial charge >= 0.3 is 0 Å². The van der Waals surface area contributed by atoms with Gasteiger partial charge < -0.3 is 20.7 Å². The van der Waals surface area contributed by atoms with E-state index in [1.807, 2.05) is 12.1 Å². The molecule has 0 unspecified atom stereocenters. The second kappa shape index (κ2) is 11.0. The smallest absolute Gasteiger partial charge is 0.188 e. The van der Waals surface area contributed by atoms with Crippen LogP contribution in [-0.2, 0) is 12.8 Å². The zero-order valence-corrected chi connectivity index (χ0v) is 18.2. The average Bonchev–Trinajstić information content (AvgIpc) is 3.09. The van der Waals surface area contributed by atoms with E-state index in [4.69, 9.17) is 10.5 Å². The van der Waals surface area contributed by atoms with Crippen molar-refractivity contribution in [3.8, 4) is 5.75 Å². The van der Waals surface area contributed by atoms with E-state index in [0.29, 0.717) is 5.96 Å². The molecule has 0 aromatic heterocycles. The van der Waals surface area contributed by atoms with Gasteiger partial charge in [0, 0.05) is 31.9 Å². The Morgan fingerprint density at radius 2 is 1.96 bits per heavy atom. The first-order valence-electron chi connectivity index (χ1n) is 9.26. The van der Waals surface area contributed by atoms with Crippen LogP contribution >= 0.6 is 24.0 Å². The molecule has 6 heteroatoms. The van der Waals surface area contributed by atoms with Crippen molar-refractivity contribution in [1.82, 2.24) is 5.32 Å². The lowest BCUT2D eigenvalue weighted by Crippen LogP contribution is -2.33. The third-order valence-corrected chi connectivity index (χ3v) is 4.73. The van der Waals surface area contributed by atoms with Crippen LogP contribution in [0, 0.1) is 0 Å². The molecule has 3 N–H and O–H groups in total. The zero-order chi connectivity index (χ0) is 18.2. The molecule has 0 saturated carbocycles. The summed E-state index contributed by atoms with van der Waals surface area (Å²) in [6.45, 7) is 3.67. The molecule has 0 atom stereocenters. The molecule has 0 saturated heterocycles. The normalized spacial score (nSPS) is 13.1. The zero-order valence-electron chi connectivity index (χ0n) is 15.9. The van der Waals surface area contributed by atoms with Gasteiger partial charge in [-0.05, 0) is 48.6 Å². The highest BCUT2D eigenvalue weighted by Gasteiger charge is 2.17. The summed E-state index contributed by atoms with van der Waals surface area (Å²) in [5, 5.41) is 3.19. The van der Waals surface area contributed by atoms with E-state index in [1.165, 1.54) is 16.8 Å². The van der Waals surface area contributed by atoms with Crippen molar-refractivity contribution in [2.24, 2.45) is 10.7 Å². The highest BCUT2D eigenvalue weighted by molar-refractivity contribution is 14.0. The van der Waals surface area contributed by atoms with Gasteiger partial charge in [-0.3, -0.25) is 4.99 Å². The lowest BCUT2D eigenvalue weighted by atomic mass is 10.1. The van der Waals surface area contributed by atoms with Crippen LogP contribution < -0.4 is 20.7 Å². The number of nitrogens with two attached hydrogens (primary N) is 1. The average molecular weight is 480 g/mol. The summed E-state index contributed by atoms with van der Waals surface area (Å²) in [5.74, 6) is 1.41. The predicted octanol–water partition coefficient (Wildman–Crippen LogP) is 3.21. The Morgan fingerprint density at radius 1 is 1.19 bits per heavy atom. The highest BCUT2D eigenvalue weighted by atomic mass is 127. The van der Waals surface area contributed by atoms with Crippen molar-refractivity contribution in [1.29, 1.82) is 0 Å². The van der Waals surface area contributed by atoms with Gasteiger partial charge in [-0.2, -0.15) is 0 Å². The number of nitrogens with one attached hydrogen (secondary N) is 1. The van der Waals surface area contributed by atoms with E-state index < -0.39 is 0 Å². The van der Waals surface area contributed by atoms with Crippen molar-refractivity contribution < 1.29 is 4.74 Å². The molecule has 0 bridgehead atoms. The van der Waals surface area contributed by atoms with Gasteiger partial charge in [0.1, 0.15) is 5.75 Å². The van der Waals surface area contributed by atoms with Crippen molar-refractivity contribution in [2.75, 3.05) is 38.2 Å². The van der Waals surface area contributed by atoms with Crippen LogP contribution in [0.4, 0.5) is 5.69 Å². The van der Waals surface area contributed by atoms with Crippen LogP contribution in [0.15, 0.2) is 53.5 Å². The molecule has 1 heterocycles. The molecule has 0 fully saturated rings. The number of guanidine groups is 1. The van der Waals surface area contributed by atoms with Gasteiger partial charge in [-0.1, -0.05) is 30.3 Å². The summed E-state index contributed by atoms with van der Waals surface area (Å²) >= 11 is 0. The van der Waals surface area contributed by atoms with Gasteiger partial charge in [0.25, 0.3) is 0 Å². The number of aliphatic imine (C=N–C) groups is 1. The monoisotopic (exact) mass is 480 g/mol. The van der Waals surface area contributed by atoms with Crippen LogP contribution in [0.2, 0.25) is 0 Å². The Hall–Kier alpha value is -1.96. The number of fused-ring (bicyclic) bond motifs is 1. The predicted molar refractivity (Wildman–Crippen MR) is 124 cm³/mol. The lowest BCUT2D eigenvalue weighted by molar-refractivity contribution is 0.414. The molecule has 0 radical (unpaired) electrons. The summed E-state index contributed by atoms with van der Waals surface area (Å²) in [4.78, 5) is 6.88. The Morgan fingerprint density at radius 3 is 2.74 bits per heavy atom. The maximum absolute atomic E-state index is 5.96. The van der Waals surface area contributed by atoms with Crippen molar-refractivity contribution in [3.63, 3.8) is 0 Å². The van der Waals surface area contributed by atoms with E-state index in [9.17, 15) is 0 Å². The minimum atomic E-state index is 0. The molecule has 3 rings (SSSR count). The number of anilines is 1. The maximum Gasteiger partial charge on any atom is 0.188 e. The third-order valence-electron chi connectivity index (χ3n) is 4.73. The Bertz CT molecular complexity index is 733. The largest absolute Gasteiger partial charge is 0.497 e. The quantitative estimate of drug-likeness (QED) is 0.264. The molecule has 2 aromatic carbocycles. The summed E-state index contributed by atoms with van der Waals surface area (Å²) in [6.07, 6.45) is 3.06. The van der Waals surface area contributed by atoms with E-state index in [2.05, 4.69) is 51.6 Å². The number of para-hydroxylation sites is 1. The molecule has 0 spiro atoms. The fourth-order valence-electron chi connectivity index (χ4n) is 3.28. The molecule has 27 heavy (non-hydrogen) atoms. The Labute approximate surface area is 179 Å². The number of hydrogen-bond donors (Lipinski definition) is 2. The summed E-state index contributed by atoms with van der Waals surface area (Å²) in [5.41, 5.74) is 10.0. The summed E-state index contributed by atoms with van der Waals surface area (Å²) in [6, 6.07) is 16.7. The van der Waals surface area contributed by atoms with Crippen molar-refractivity contribution in [2.45, 2.75) is 19.3 Å². The maximum atomic E-state index is 5.96. The van der Waals surface area contributed by atoms with Gasteiger partial charge in [0.2, 0.25) is 0 Å². The molecule has 1 aliphatic heterocycles. The third kappa shape index (κ3) is 6.30. The van der Waals surface area contributed by atoms with Crippen LogP contribution in [0.1, 0.15) is 17.5 Å². The van der Waals surface area contributed by atoms with Crippen LogP contribution in [-0.4, -0.2) is 39.2 Å². The molecular formula is C21H29IN4O. The number of ether oxygens (including phenoxy) is 1. The number of halogens is 1. The lowest BCUT2D eigenvalue weighted by Gasteiger charge is -2.18. The molecule has 1 aliphatic rings. The highest BCUT2D eigenvalue weighted by Crippen LogP contribution is 2.27. The van der Waals surface area contributed by atoms with E-state index in [1.54, 1.807) is 7.11 Å². The molecule has 146 valence electrons. The molecule has 5 nitrogen and oxygen atoms in total. The second-order valence-corrected chi connectivity index (χ2v) is 6.51. The Balaban J connectivity index is 0.00000261. The minimum Gasteiger partial charge on any atom is -0.497 e. The van der Waals surface area contributed by atoms with Crippen LogP contribution in [0.3, 0.4) is 0 Å². The topological polar surface area (TPSA) is 62.9 Å². The van der Waals surface area contributed by atoms with E-state index >= 15 is 0 Å². The van der Waals surface area contributed by atoms with Gasteiger partial charge in [-0.15, -0.1) is 24.0 Å². The van der Waals surface area contributed by atoms with E-state index in [-0.39, 0.29) is 24.0 Å². The van der Waals surface area contributed by atoms with Crippen LogP contribution in [0.5, 0.6) is 5.75 Å². The summed E-state index contributed by atoms with van der Waals surface area (Å²) < 4.78 is 5.16. The van der Waals surface area contributed by atoms with E-state index in [0.717, 1.165) is 51.2 Å². The molecule has 0 amide bonds. The molecular weight excluding hydrogens is 451 g/mol. The van der Waals surface area contributed by atoms with Crippen molar-refractivity contribution in [3.05, 3.63) is 59.7 Å². The molecule has 0 aliphatic carbocycles. The van der Waals surface area contributed by atoms with Gasteiger partial charge in [0.15, 0.2) is 5.96 Å². The first-order valence-corrected chi connectivity index (χ1v) is 9.26. The van der Waals surface area contributed by atoms with Gasteiger partial charge in [0.05, 0.1) is 7.11 Å². The van der Waals surface area contributed by atoms with Crippen molar-refractivity contribution >= 4 is 35.6 Å². The number of methoxy groups -OCH3 is 1. The number of nitrogens with zero attached hydrogens (tertiary/aromatic N) is 2. The fourth-order valence-corrected chi connectivity index (χ4v) is 3.28. The first kappa shape index (κ1) is 21.3. The first-order chi connectivity index (χ1) is 12.8. The SMILES string of the molecule is COc1ccc(CCNC(N)=NCCCN2CCc3ccccc32)cc1.I. The molecule has 2 aromatic rings. The van der Waals surface area contributed by atoms with Crippen LogP contribution in [0.25, 0.3) is 0 Å². The second-order valence-electron chi connectivity index (χ2n) is 6.51. The Kier molecular flexibility index (Phi) is 8.71. The summed E-state index contributed by atoms with van der Waals surface area (Å²) in [7, 11) is 1.68.